The number of sulfonamides is 1. The Morgan fingerprint density at radius 2 is 1.81 bits per heavy atom. The highest BCUT2D eigenvalue weighted by molar-refractivity contribution is 7.89. The first-order valence-corrected chi connectivity index (χ1v) is 11.8. The summed E-state index contributed by atoms with van der Waals surface area (Å²) in [4.78, 5) is 13.7. The fourth-order valence-electron chi connectivity index (χ4n) is 3.38. The summed E-state index contributed by atoms with van der Waals surface area (Å²) in [6, 6.07) is 4.48. The normalized spacial score (nSPS) is 16.2. The van der Waals surface area contributed by atoms with E-state index in [0.717, 1.165) is 5.69 Å². The molecule has 2 amide bonds. The number of carbonyl (C=O) groups is 1. The van der Waals surface area contributed by atoms with Crippen molar-refractivity contribution in [3.8, 4) is 11.8 Å². The highest BCUT2D eigenvalue weighted by Gasteiger charge is 2.37. The highest BCUT2D eigenvalue weighted by Crippen LogP contribution is 2.27. The van der Waals surface area contributed by atoms with E-state index in [1.165, 1.54) is 21.9 Å². The maximum atomic E-state index is 13.1. The van der Waals surface area contributed by atoms with Crippen LogP contribution in [0, 0.1) is 23.1 Å². The standard InChI is InChI=1S/C21H31FN4O4S/c1-4-5-6-11-21(2,3)19(23-20(27)24-28)16-31(29,30)26-14-12-25(13-15-26)18-9-7-17(22)8-10-18/h7-10,19,28H,4,11-16H2,1-3H3,(H2,23,24,27). The van der Waals surface area contributed by atoms with Gasteiger partial charge >= 0.3 is 6.03 Å². The van der Waals surface area contributed by atoms with E-state index in [1.807, 2.05) is 25.7 Å². The van der Waals surface area contributed by atoms with E-state index in [1.54, 1.807) is 12.1 Å². The van der Waals surface area contributed by atoms with Crippen molar-refractivity contribution >= 4 is 21.7 Å². The van der Waals surface area contributed by atoms with Crippen LogP contribution in [0.15, 0.2) is 24.3 Å². The van der Waals surface area contributed by atoms with Crippen LogP contribution in [0.5, 0.6) is 0 Å². The number of anilines is 1. The molecule has 2 rings (SSSR count). The number of nitrogens with zero attached hydrogens (tertiary/aromatic N) is 2. The molecule has 0 bridgehead atoms. The third-order valence-electron chi connectivity index (χ3n) is 5.40. The summed E-state index contributed by atoms with van der Waals surface area (Å²) in [6.45, 7) is 7.12. The second kappa shape index (κ2) is 10.8. The molecule has 1 heterocycles. The number of nitrogens with one attached hydrogen (secondary N) is 2. The van der Waals surface area contributed by atoms with Gasteiger partial charge in [0.15, 0.2) is 0 Å². The molecule has 1 aromatic rings. The molecule has 1 aliphatic heterocycles. The molecular weight excluding hydrogens is 423 g/mol. The summed E-state index contributed by atoms with van der Waals surface area (Å²) in [6.07, 6.45) is 1.08. The Balaban J connectivity index is 2.09. The number of benzene rings is 1. The van der Waals surface area contributed by atoms with E-state index in [2.05, 4.69) is 17.2 Å². The maximum absolute atomic E-state index is 13.1. The average molecular weight is 455 g/mol. The predicted molar refractivity (Wildman–Crippen MR) is 118 cm³/mol. The fourth-order valence-corrected chi connectivity index (χ4v) is 5.27. The number of halogens is 1. The predicted octanol–water partition coefficient (Wildman–Crippen LogP) is 2.16. The van der Waals surface area contributed by atoms with E-state index in [9.17, 15) is 17.6 Å². The van der Waals surface area contributed by atoms with Gasteiger partial charge in [-0.1, -0.05) is 20.8 Å². The van der Waals surface area contributed by atoms with Crippen molar-refractivity contribution in [1.82, 2.24) is 15.1 Å². The largest absolute Gasteiger partial charge is 0.369 e. The van der Waals surface area contributed by atoms with Crippen molar-refractivity contribution in [2.75, 3.05) is 36.8 Å². The molecule has 0 aromatic heterocycles. The van der Waals surface area contributed by atoms with Gasteiger partial charge in [0.25, 0.3) is 0 Å². The van der Waals surface area contributed by atoms with Crippen LogP contribution < -0.4 is 15.7 Å². The third kappa shape index (κ3) is 7.09. The van der Waals surface area contributed by atoms with Gasteiger partial charge in [0.1, 0.15) is 5.82 Å². The number of hydrogen-bond donors (Lipinski definition) is 3. The van der Waals surface area contributed by atoms with E-state index in [-0.39, 0.29) is 24.7 Å². The number of carbonyl (C=O) groups excluding carboxylic acids is 1. The molecule has 1 unspecified atom stereocenters. The molecule has 1 atom stereocenters. The molecular formula is C21H31FN4O4S. The summed E-state index contributed by atoms with van der Waals surface area (Å²) in [5, 5.41) is 11.4. The minimum absolute atomic E-state index is 0.286. The van der Waals surface area contributed by atoms with Gasteiger partial charge in [-0.05, 0) is 29.7 Å². The van der Waals surface area contributed by atoms with Gasteiger partial charge in [-0.2, -0.15) is 4.31 Å². The van der Waals surface area contributed by atoms with Crippen molar-refractivity contribution in [2.24, 2.45) is 5.41 Å². The Morgan fingerprint density at radius 1 is 1.19 bits per heavy atom. The van der Waals surface area contributed by atoms with Crippen LogP contribution in [0.3, 0.4) is 0 Å². The lowest BCUT2D eigenvalue weighted by molar-refractivity contribution is 0.151. The van der Waals surface area contributed by atoms with Gasteiger partial charge < -0.3 is 10.2 Å². The number of hydroxylamine groups is 1. The van der Waals surface area contributed by atoms with Crippen LogP contribution in [0.1, 0.15) is 33.6 Å². The zero-order chi connectivity index (χ0) is 23.1. The molecule has 1 aliphatic rings. The highest BCUT2D eigenvalue weighted by atomic mass is 32.2. The summed E-state index contributed by atoms with van der Waals surface area (Å²) in [5.41, 5.74) is 1.70. The maximum Gasteiger partial charge on any atom is 0.338 e. The Morgan fingerprint density at radius 3 is 2.35 bits per heavy atom. The molecule has 0 aliphatic carbocycles. The number of rotatable bonds is 7. The minimum atomic E-state index is -3.69. The summed E-state index contributed by atoms with van der Waals surface area (Å²) in [7, 11) is -3.69. The second-order valence-electron chi connectivity index (χ2n) is 8.15. The van der Waals surface area contributed by atoms with Crippen molar-refractivity contribution in [3.63, 3.8) is 0 Å². The van der Waals surface area contributed by atoms with Gasteiger partial charge in [-0.15, -0.1) is 11.8 Å². The average Bonchev–Trinajstić information content (AvgIpc) is 2.73. The minimum Gasteiger partial charge on any atom is -0.369 e. The van der Waals surface area contributed by atoms with Crippen molar-refractivity contribution in [1.29, 1.82) is 0 Å². The molecule has 172 valence electrons. The van der Waals surface area contributed by atoms with Crippen molar-refractivity contribution in [3.05, 3.63) is 30.1 Å². The van der Waals surface area contributed by atoms with E-state index >= 15 is 0 Å². The van der Waals surface area contributed by atoms with Gasteiger partial charge in [0.2, 0.25) is 10.0 Å². The van der Waals surface area contributed by atoms with Gasteiger partial charge in [0.05, 0.1) is 11.8 Å². The van der Waals surface area contributed by atoms with Gasteiger partial charge in [-0.3, -0.25) is 5.21 Å². The molecule has 31 heavy (non-hydrogen) atoms. The Hall–Kier alpha value is -2.35. The fraction of sp³-hybridized carbons (Fsp3) is 0.571. The number of piperazine rings is 1. The first kappa shape index (κ1) is 24.9. The first-order chi connectivity index (χ1) is 14.6. The number of hydrogen-bond acceptors (Lipinski definition) is 5. The monoisotopic (exact) mass is 454 g/mol. The Labute approximate surface area is 183 Å². The van der Waals surface area contributed by atoms with Crippen LogP contribution in [-0.2, 0) is 10.0 Å². The summed E-state index contributed by atoms with van der Waals surface area (Å²) < 4.78 is 40.8. The van der Waals surface area contributed by atoms with Crippen molar-refractivity contribution < 1.29 is 22.8 Å². The molecule has 0 spiro atoms. The Bertz CT molecular complexity index is 902. The quantitative estimate of drug-likeness (QED) is 0.333. The zero-order valence-electron chi connectivity index (χ0n) is 18.2. The van der Waals surface area contributed by atoms with Gasteiger partial charge in [-0.25, -0.2) is 23.1 Å². The lowest BCUT2D eigenvalue weighted by Crippen LogP contribution is -2.55. The lowest BCUT2D eigenvalue weighted by Gasteiger charge is -2.38. The van der Waals surface area contributed by atoms with E-state index in [0.29, 0.717) is 25.9 Å². The molecule has 0 saturated carbocycles. The first-order valence-electron chi connectivity index (χ1n) is 10.2. The van der Waals surface area contributed by atoms with Crippen molar-refractivity contribution in [2.45, 2.75) is 39.7 Å². The summed E-state index contributed by atoms with van der Waals surface area (Å²) in [5.74, 6) is 5.35. The molecule has 10 heteroatoms. The molecule has 3 N–H and O–H groups in total. The van der Waals surface area contributed by atoms with Crippen LogP contribution in [0.25, 0.3) is 0 Å². The van der Waals surface area contributed by atoms with E-state index in [4.69, 9.17) is 5.21 Å². The molecule has 1 saturated heterocycles. The van der Waals surface area contributed by atoms with Gasteiger partial charge in [0, 0.05) is 44.7 Å². The van der Waals surface area contributed by atoms with E-state index < -0.39 is 27.5 Å². The molecule has 1 aromatic carbocycles. The summed E-state index contributed by atoms with van der Waals surface area (Å²) >= 11 is 0. The zero-order valence-corrected chi connectivity index (χ0v) is 19.0. The Kier molecular flexibility index (Phi) is 8.68. The van der Waals surface area contributed by atoms with Crippen LogP contribution in [0.4, 0.5) is 14.9 Å². The smallest absolute Gasteiger partial charge is 0.338 e. The SMILES string of the molecule is CCC#CCC(C)(C)C(CS(=O)(=O)N1CCN(c2ccc(F)cc2)CC1)NC(=O)NO. The topological polar surface area (TPSA) is 102 Å². The van der Waals surface area contributed by atoms with Crippen LogP contribution in [-0.4, -0.2) is 61.9 Å². The second-order valence-corrected chi connectivity index (χ2v) is 10.2. The molecule has 1 fully saturated rings. The number of amides is 2. The lowest BCUT2D eigenvalue weighted by atomic mass is 9.82. The third-order valence-corrected chi connectivity index (χ3v) is 7.30. The van der Waals surface area contributed by atoms with Crippen LogP contribution in [0.2, 0.25) is 0 Å². The number of urea groups is 1. The van der Waals surface area contributed by atoms with Crippen LogP contribution >= 0.6 is 0 Å². The molecule has 0 radical (unpaired) electrons. The molecule has 8 nitrogen and oxygen atoms in total.